The molecule has 0 aromatic heterocycles. The Kier molecular flexibility index (Phi) is 6.30. The number of allylic oxidation sites excluding steroid dienone is 4. The Morgan fingerprint density at radius 1 is 0.393 bits per heavy atom. The van der Waals surface area contributed by atoms with Crippen molar-refractivity contribution >= 4 is 22.6 Å². The lowest BCUT2D eigenvalue weighted by Gasteiger charge is -2.32. The van der Waals surface area contributed by atoms with Crippen LogP contribution >= 0.6 is 0 Å². The van der Waals surface area contributed by atoms with E-state index in [1.54, 1.807) is 5.57 Å². The smallest absolute Gasteiger partial charge is 0.0725 e. The molecule has 0 heterocycles. The van der Waals surface area contributed by atoms with Gasteiger partial charge in [0.1, 0.15) is 0 Å². The first kappa shape index (κ1) is 32.1. The van der Waals surface area contributed by atoms with E-state index in [9.17, 15) is 0 Å². The molecule has 268 valence electrons. The molecular formula is C55H43N. The van der Waals surface area contributed by atoms with Crippen molar-refractivity contribution in [3.8, 4) is 33.4 Å². The minimum absolute atomic E-state index is 0.0226. The molecule has 7 aromatic carbocycles. The van der Waals surface area contributed by atoms with E-state index < -0.39 is 0 Å². The van der Waals surface area contributed by atoms with Gasteiger partial charge in [-0.2, -0.15) is 0 Å². The van der Waals surface area contributed by atoms with E-state index in [2.05, 4.69) is 196 Å². The fraction of sp³-hybridized carbons (Fsp3) is 0.164. The number of rotatable bonds is 3. The largest absolute Gasteiger partial charge is 0.310 e. The summed E-state index contributed by atoms with van der Waals surface area (Å²) in [6, 6.07) is 58.1. The molecule has 0 aliphatic heterocycles. The summed E-state index contributed by atoms with van der Waals surface area (Å²) in [6.07, 6.45) is 6.98. The highest BCUT2D eigenvalue weighted by atomic mass is 15.1. The highest BCUT2D eigenvalue weighted by Crippen LogP contribution is 2.63. The van der Waals surface area contributed by atoms with Crippen molar-refractivity contribution in [1.82, 2.24) is 0 Å². The zero-order valence-corrected chi connectivity index (χ0v) is 32.4. The van der Waals surface area contributed by atoms with Crippen molar-refractivity contribution in [3.05, 3.63) is 214 Å². The fourth-order valence-corrected chi connectivity index (χ4v) is 11.7. The standard InChI is InChI=1S/C55H43N/c1-53(2)45-20-10-5-15-37(45)42-28-25-35(32-51(42)53)56(36-26-29-43-38-16-6-11-21-46(38)54(3,4)52(43)33-36)34-27-30-50-44(31-34)41-19-9-14-24-49(41)55(50)47-22-12-7-17-39(47)40-18-8-13-23-48(40)55/h5-10,12-20,22-33H,11,21H2,1-4H3. The third-order valence-corrected chi connectivity index (χ3v) is 14.2. The summed E-state index contributed by atoms with van der Waals surface area (Å²) in [4.78, 5) is 2.54. The Morgan fingerprint density at radius 3 is 1.46 bits per heavy atom. The van der Waals surface area contributed by atoms with E-state index in [-0.39, 0.29) is 16.2 Å². The number of hydrogen-bond acceptors (Lipinski definition) is 1. The predicted octanol–water partition coefficient (Wildman–Crippen LogP) is 14.2. The second kappa shape index (κ2) is 11.0. The van der Waals surface area contributed by atoms with Gasteiger partial charge < -0.3 is 4.90 Å². The number of benzene rings is 7. The molecule has 0 atom stereocenters. The van der Waals surface area contributed by atoms with E-state index in [0.717, 1.165) is 12.8 Å². The highest BCUT2D eigenvalue weighted by molar-refractivity contribution is 5.97. The molecule has 1 spiro atoms. The molecule has 0 bridgehead atoms. The minimum atomic E-state index is -0.359. The lowest BCUT2D eigenvalue weighted by atomic mass is 9.70. The van der Waals surface area contributed by atoms with Gasteiger partial charge in [-0.15, -0.1) is 0 Å². The Hall–Kier alpha value is -6.18. The van der Waals surface area contributed by atoms with Gasteiger partial charge in [0.25, 0.3) is 0 Å². The molecule has 1 heteroatoms. The molecule has 5 aliphatic rings. The van der Waals surface area contributed by atoms with Gasteiger partial charge in [-0.1, -0.05) is 161 Å². The highest BCUT2D eigenvalue weighted by Gasteiger charge is 2.51. The van der Waals surface area contributed by atoms with Crippen LogP contribution in [0, 0.1) is 0 Å². The van der Waals surface area contributed by atoms with Gasteiger partial charge in [0.2, 0.25) is 0 Å². The first-order valence-corrected chi connectivity index (χ1v) is 20.3. The van der Waals surface area contributed by atoms with E-state index in [1.807, 2.05) is 0 Å². The van der Waals surface area contributed by atoms with Gasteiger partial charge in [-0.3, -0.25) is 0 Å². The van der Waals surface area contributed by atoms with Crippen LogP contribution in [0.15, 0.2) is 169 Å². The topological polar surface area (TPSA) is 3.24 Å². The van der Waals surface area contributed by atoms with E-state index >= 15 is 0 Å². The molecule has 0 saturated carbocycles. The SMILES string of the molecule is CC1(C)C2=C(C=CCC2)c2ccc(N(c3ccc4c(c3)-c3ccccc3C43c4ccccc4-c4ccccc43)c3ccc4c(c3)C(C)(C)c3ccccc3-4)cc21. The van der Waals surface area contributed by atoms with Gasteiger partial charge in [0.05, 0.1) is 5.41 Å². The van der Waals surface area contributed by atoms with Gasteiger partial charge in [0, 0.05) is 27.9 Å². The Balaban J connectivity index is 1.09. The summed E-state index contributed by atoms with van der Waals surface area (Å²) in [5, 5.41) is 0. The lowest BCUT2D eigenvalue weighted by molar-refractivity contribution is 0.607. The van der Waals surface area contributed by atoms with Crippen LogP contribution in [0.2, 0.25) is 0 Å². The molecular weight excluding hydrogens is 675 g/mol. The van der Waals surface area contributed by atoms with Crippen LogP contribution in [0.25, 0.3) is 39.0 Å². The van der Waals surface area contributed by atoms with Crippen molar-refractivity contribution < 1.29 is 0 Å². The van der Waals surface area contributed by atoms with Crippen LogP contribution in [0.4, 0.5) is 17.1 Å². The van der Waals surface area contributed by atoms with Gasteiger partial charge in [0.15, 0.2) is 0 Å². The molecule has 0 unspecified atom stereocenters. The zero-order chi connectivity index (χ0) is 37.6. The monoisotopic (exact) mass is 717 g/mol. The maximum Gasteiger partial charge on any atom is 0.0725 e. The molecule has 56 heavy (non-hydrogen) atoms. The molecule has 7 aromatic rings. The second-order valence-electron chi connectivity index (χ2n) is 17.5. The molecule has 0 radical (unpaired) electrons. The minimum Gasteiger partial charge on any atom is -0.310 e. The van der Waals surface area contributed by atoms with E-state index in [0.29, 0.717) is 0 Å². The van der Waals surface area contributed by atoms with Crippen molar-refractivity contribution in [3.63, 3.8) is 0 Å². The second-order valence-corrected chi connectivity index (χ2v) is 17.5. The first-order valence-electron chi connectivity index (χ1n) is 20.3. The first-order chi connectivity index (χ1) is 27.3. The summed E-state index contributed by atoms with van der Waals surface area (Å²) in [7, 11) is 0. The average molecular weight is 718 g/mol. The summed E-state index contributed by atoms with van der Waals surface area (Å²) in [5.41, 5.74) is 25.2. The predicted molar refractivity (Wildman–Crippen MR) is 233 cm³/mol. The van der Waals surface area contributed by atoms with Crippen LogP contribution in [-0.2, 0) is 16.2 Å². The zero-order valence-electron chi connectivity index (χ0n) is 32.4. The maximum atomic E-state index is 2.54. The number of fused-ring (bicyclic) bond motifs is 15. The summed E-state index contributed by atoms with van der Waals surface area (Å²) in [6.45, 7) is 9.63. The van der Waals surface area contributed by atoms with Gasteiger partial charge in [-0.25, -0.2) is 0 Å². The number of anilines is 3. The van der Waals surface area contributed by atoms with E-state index in [1.165, 1.54) is 101 Å². The van der Waals surface area contributed by atoms with Crippen LogP contribution in [0.1, 0.15) is 85.0 Å². The Labute approximate surface area is 330 Å². The lowest BCUT2D eigenvalue weighted by Crippen LogP contribution is -2.25. The molecule has 12 rings (SSSR count). The van der Waals surface area contributed by atoms with Crippen LogP contribution in [0.5, 0.6) is 0 Å². The van der Waals surface area contributed by atoms with E-state index in [4.69, 9.17) is 0 Å². The number of hydrogen-bond donors (Lipinski definition) is 0. The fourth-order valence-electron chi connectivity index (χ4n) is 11.7. The molecule has 0 N–H and O–H groups in total. The third kappa shape index (κ3) is 3.91. The van der Waals surface area contributed by atoms with Crippen molar-refractivity contribution in [2.75, 3.05) is 4.90 Å². The Bertz CT molecular complexity index is 2880. The summed E-state index contributed by atoms with van der Waals surface area (Å²) in [5.74, 6) is 0. The van der Waals surface area contributed by atoms with Gasteiger partial charge >= 0.3 is 0 Å². The number of nitrogens with zero attached hydrogens (tertiary/aromatic N) is 1. The Morgan fingerprint density at radius 2 is 0.839 bits per heavy atom. The van der Waals surface area contributed by atoms with Crippen molar-refractivity contribution in [2.45, 2.75) is 56.8 Å². The maximum absolute atomic E-state index is 2.54. The molecule has 0 amide bonds. The quantitative estimate of drug-likeness (QED) is 0.176. The van der Waals surface area contributed by atoms with Crippen LogP contribution < -0.4 is 4.90 Å². The van der Waals surface area contributed by atoms with Crippen LogP contribution in [-0.4, -0.2) is 0 Å². The summed E-state index contributed by atoms with van der Waals surface area (Å²) >= 11 is 0. The van der Waals surface area contributed by atoms with Crippen molar-refractivity contribution in [1.29, 1.82) is 0 Å². The molecule has 0 saturated heterocycles. The third-order valence-electron chi connectivity index (χ3n) is 14.2. The molecule has 1 nitrogen and oxygen atoms in total. The van der Waals surface area contributed by atoms with Crippen molar-refractivity contribution in [2.24, 2.45) is 0 Å². The van der Waals surface area contributed by atoms with Crippen LogP contribution in [0.3, 0.4) is 0 Å². The molecule has 0 fully saturated rings. The molecule has 5 aliphatic carbocycles. The average Bonchev–Trinajstić information content (AvgIpc) is 3.86. The summed E-state index contributed by atoms with van der Waals surface area (Å²) < 4.78 is 0. The normalized spacial score (nSPS) is 17.4. The van der Waals surface area contributed by atoms with Gasteiger partial charge in [-0.05, 0) is 133 Å².